The zero-order valence-corrected chi connectivity index (χ0v) is 12.5. The molecule has 1 aromatic heterocycles. The molecule has 0 atom stereocenters. The van der Waals surface area contributed by atoms with Gasteiger partial charge in [0.1, 0.15) is 12.4 Å². The summed E-state index contributed by atoms with van der Waals surface area (Å²) < 4.78 is 5.83. The maximum absolute atomic E-state index is 5.83. The zero-order chi connectivity index (χ0) is 13.6. The van der Waals surface area contributed by atoms with Crippen LogP contribution in [-0.2, 0) is 19.4 Å². The third kappa shape index (κ3) is 3.62. The molecule has 0 fully saturated rings. The normalized spacial score (nSPS) is 14.0. The third-order valence-corrected chi connectivity index (χ3v) is 4.62. The lowest BCUT2D eigenvalue weighted by Crippen LogP contribution is -2.20. The van der Waals surface area contributed by atoms with Crippen molar-refractivity contribution in [1.29, 1.82) is 0 Å². The second-order valence-corrected chi connectivity index (χ2v) is 6.27. The molecular formula is C17H21NOS. The van der Waals surface area contributed by atoms with E-state index >= 15 is 0 Å². The third-order valence-electron chi connectivity index (χ3n) is 3.75. The molecule has 3 rings (SSSR count). The number of thiophene rings is 1. The summed E-state index contributed by atoms with van der Waals surface area (Å²) in [7, 11) is 0. The van der Waals surface area contributed by atoms with E-state index in [-0.39, 0.29) is 0 Å². The Balaban J connectivity index is 1.42. The number of benzene rings is 1. The lowest BCUT2D eigenvalue weighted by Gasteiger charge is -2.16. The minimum Gasteiger partial charge on any atom is -0.492 e. The van der Waals surface area contributed by atoms with Gasteiger partial charge in [-0.05, 0) is 60.4 Å². The van der Waals surface area contributed by atoms with E-state index in [2.05, 4.69) is 41.0 Å². The molecule has 0 bridgehead atoms. The van der Waals surface area contributed by atoms with Gasteiger partial charge >= 0.3 is 0 Å². The summed E-state index contributed by atoms with van der Waals surface area (Å²) in [5.41, 5.74) is 3.00. The van der Waals surface area contributed by atoms with E-state index in [1.807, 2.05) is 0 Å². The molecule has 20 heavy (non-hydrogen) atoms. The summed E-state index contributed by atoms with van der Waals surface area (Å²) in [5.74, 6) is 1.02. The van der Waals surface area contributed by atoms with Gasteiger partial charge in [0.15, 0.2) is 0 Å². The fourth-order valence-electron chi connectivity index (χ4n) is 2.67. The Morgan fingerprint density at radius 1 is 1.10 bits per heavy atom. The van der Waals surface area contributed by atoms with Crippen molar-refractivity contribution in [1.82, 2.24) is 5.32 Å². The molecule has 2 aromatic rings. The lowest BCUT2D eigenvalue weighted by atomic mass is 9.92. The van der Waals surface area contributed by atoms with Crippen molar-refractivity contribution in [2.24, 2.45) is 0 Å². The van der Waals surface area contributed by atoms with E-state index in [1.165, 1.54) is 41.7 Å². The molecule has 0 spiro atoms. The van der Waals surface area contributed by atoms with Crippen LogP contribution in [0.3, 0.4) is 0 Å². The summed E-state index contributed by atoms with van der Waals surface area (Å²) in [6.07, 6.45) is 5.10. The molecule has 0 saturated heterocycles. The number of rotatable bonds is 6. The van der Waals surface area contributed by atoms with E-state index in [9.17, 15) is 0 Å². The highest BCUT2D eigenvalue weighted by atomic mass is 32.1. The molecule has 1 N–H and O–H groups in total. The first kappa shape index (κ1) is 13.7. The predicted octanol–water partition coefficient (Wildman–Crippen LogP) is 3.80. The fourth-order valence-corrected chi connectivity index (χ4v) is 3.34. The highest BCUT2D eigenvalue weighted by Gasteiger charge is 2.09. The van der Waals surface area contributed by atoms with Crippen molar-refractivity contribution < 1.29 is 4.74 Å². The summed E-state index contributed by atoms with van der Waals surface area (Å²) in [5, 5.41) is 5.52. The second kappa shape index (κ2) is 6.91. The summed E-state index contributed by atoms with van der Waals surface area (Å²) in [6, 6.07) is 10.8. The Bertz CT molecular complexity index is 536. The van der Waals surface area contributed by atoms with E-state index in [0.717, 1.165) is 25.4 Å². The van der Waals surface area contributed by atoms with Gasteiger partial charge in [-0.15, -0.1) is 11.3 Å². The Labute approximate surface area is 124 Å². The molecule has 1 aromatic carbocycles. The second-order valence-electron chi connectivity index (χ2n) is 5.24. The number of hydrogen-bond acceptors (Lipinski definition) is 3. The molecule has 3 heteroatoms. The zero-order valence-electron chi connectivity index (χ0n) is 11.7. The maximum atomic E-state index is 5.83. The van der Waals surface area contributed by atoms with Gasteiger partial charge in [0.05, 0.1) is 0 Å². The average molecular weight is 287 g/mol. The molecule has 0 aliphatic heterocycles. The highest BCUT2D eigenvalue weighted by Crippen LogP contribution is 2.25. The van der Waals surface area contributed by atoms with E-state index < -0.39 is 0 Å². The first-order chi connectivity index (χ1) is 9.92. The quantitative estimate of drug-likeness (QED) is 0.816. The van der Waals surface area contributed by atoms with Gasteiger partial charge in [0, 0.05) is 18.0 Å². The molecule has 1 heterocycles. The van der Waals surface area contributed by atoms with Crippen molar-refractivity contribution in [3.63, 3.8) is 0 Å². The first-order valence-electron chi connectivity index (χ1n) is 7.39. The first-order valence-corrected chi connectivity index (χ1v) is 8.27. The van der Waals surface area contributed by atoms with Crippen LogP contribution in [0, 0.1) is 0 Å². The Morgan fingerprint density at radius 2 is 2.00 bits per heavy atom. The van der Waals surface area contributed by atoms with Crippen LogP contribution in [0.2, 0.25) is 0 Å². The molecule has 0 amide bonds. The SMILES string of the molecule is c1csc(CNCCOc2ccc3c(c2)CCCC3)c1. The summed E-state index contributed by atoms with van der Waals surface area (Å²) in [4.78, 5) is 1.37. The smallest absolute Gasteiger partial charge is 0.119 e. The molecule has 0 unspecified atom stereocenters. The minimum atomic E-state index is 0.726. The molecule has 0 saturated carbocycles. The number of aryl methyl sites for hydroxylation is 2. The molecule has 1 aliphatic carbocycles. The van der Waals surface area contributed by atoms with Crippen LogP contribution >= 0.6 is 11.3 Å². The standard InChI is InChI=1S/C17H21NOS/c1-2-5-15-12-16(8-7-14(15)4-1)19-10-9-18-13-17-6-3-11-20-17/h3,6-8,11-12,18H,1-2,4-5,9-10,13H2. The topological polar surface area (TPSA) is 21.3 Å². The number of hydrogen-bond donors (Lipinski definition) is 1. The van der Waals surface area contributed by atoms with Crippen LogP contribution < -0.4 is 10.1 Å². The van der Waals surface area contributed by atoms with Crippen LogP contribution in [0.4, 0.5) is 0 Å². The van der Waals surface area contributed by atoms with Gasteiger partial charge in [-0.1, -0.05) is 12.1 Å². The molecular weight excluding hydrogens is 266 g/mol. The van der Waals surface area contributed by atoms with Gasteiger partial charge in [-0.2, -0.15) is 0 Å². The van der Waals surface area contributed by atoms with Crippen LogP contribution in [0.1, 0.15) is 28.8 Å². The van der Waals surface area contributed by atoms with E-state index in [1.54, 1.807) is 11.3 Å². The van der Waals surface area contributed by atoms with Crippen molar-refractivity contribution in [3.8, 4) is 5.75 Å². The molecule has 1 aliphatic rings. The van der Waals surface area contributed by atoms with Crippen LogP contribution in [0.15, 0.2) is 35.7 Å². The van der Waals surface area contributed by atoms with Gasteiger partial charge in [-0.25, -0.2) is 0 Å². The van der Waals surface area contributed by atoms with Crippen molar-refractivity contribution in [2.45, 2.75) is 32.2 Å². The molecule has 106 valence electrons. The largest absolute Gasteiger partial charge is 0.492 e. The van der Waals surface area contributed by atoms with Gasteiger partial charge in [-0.3, -0.25) is 0 Å². The molecule has 2 nitrogen and oxygen atoms in total. The number of ether oxygens (including phenoxy) is 1. The van der Waals surface area contributed by atoms with Crippen molar-refractivity contribution in [2.75, 3.05) is 13.2 Å². The Kier molecular flexibility index (Phi) is 4.72. The summed E-state index contributed by atoms with van der Waals surface area (Å²) in [6.45, 7) is 2.55. The fraction of sp³-hybridized carbons (Fsp3) is 0.412. The lowest BCUT2D eigenvalue weighted by molar-refractivity contribution is 0.313. The highest BCUT2D eigenvalue weighted by molar-refractivity contribution is 7.09. The number of nitrogens with one attached hydrogen (secondary N) is 1. The van der Waals surface area contributed by atoms with Crippen molar-refractivity contribution >= 4 is 11.3 Å². The van der Waals surface area contributed by atoms with E-state index in [0.29, 0.717) is 0 Å². The van der Waals surface area contributed by atoms with Gasteiger partial charge < -0.3 is 10.1 Å². The van der Waals surface area contributed by atoms with Gasteiger partial charge in [0.2, 0.25) is 0 Å². The number of fused-ring (bicyclic) bond motifs is 1. The van der Waals surface area contributed by atoms with Crippen LogP contribution in [-0.4, -0.2) is 13.2 Å². The Hall–Kier alpha value is -1.32. The maximum Gasteiger partial charge on any atom is 0.119 e. The van der Waals surface area contributed by atoms with Crippen LogP contribution in [0.25, 0.3) is 0 Å². The predicted molar refractivity (Wildman–Crippen MR) is 84.6 cm³/mol. The van der Waals surface area contributed by atoms with E-state index in [4.69, 9.17) is 4.74 Å². The van der Waals surface area contributed by atoms with Crippen LogP contribution in [0.5, 0.6) is 5.75 Å². The Morgan fingerprint density at radius 3 is 2.85 bits per heavy atom. The molecule has 0 radical (unpaired) electrons. The average Bonchev–Trinajstić information content (AvgIpc) is 3.00. The monoisotopic (exact) mass is 287 g/mol. The summed E-state index contributed by atoms with van der Waals surface area (Å²) >= 11 is 1.79. The minimum absolute atomic E-state index is 0.726. The van der Waals surface area contributed by atoms with Crippen molar-refractivity contribution in [3.05, 3.63) is 51.7 Å². The van der Waals surface area contributed by atoms with Gasteiger partial charge in [0.25, 0.3) is 0 Å².